The molecule has 1 aromatic heterocycles. The lowest BCUT2D eigenvalue weighted by molar-refractivity contribution is 0.632. The Morgan fingerprint density at radius 2 is 1.95 bits per heavy atom. The van der Waals surface area contributed by atoms with E-state index in [1.807, 2.05) is 24.3 Å². The molecule has 0 aliphatic carbocycles. The van der Waals surface area contributed by atoms with Crippen LogP contribution in [0.25, 0.3) is 10.9 Å². The Balaban J connectivity index is 2.14. The van der Waals surface area contributed by atoms with Gasteiger partial charge in [-0.1, -0.05) is 35.9 Å². The second-order valence-electron chi connectivity index (χ2n) is 4.41. The molecule has 0 aliphatic rings. The minimum atomic E-state index is -0.499. The van der Waals surface area contributed by atoms with Crippen LogP contribution in [0.2, 0.25) is 5.02 Å². The molecule has 1 N–H and O–H groups in total. The number of para-hydroxylation sites is 2. The number of nitrogens with zero attached hydrogens (tertiary/aromatic N) is 2. The van der Waals surface area contributed by atoms with Gasteiger partial charge in [0.05, 0.1) is 21.8 Å². The van der Waals surface area contributed by atoms with Crippen molar-refractivity contribution < 1.29 is 4.39 Å². The summed E-state index contributed by atoms with van der Waals surface area (Å²) in [5.41, 5.74) is 1.15. The molecule has 0 saturated carbocycles. The van der Waals surface area contributed by atoms with E-state index in [1.165, 1.54) is 12.1 Å². The Labute approximate surface area is 125 Å². The third kappa shape index (κ3) is 2.51. The Hall–Kier alpha value is -2.64. The first-order valence-electron chi connectivity index (χ1n) is 6.20. The van der Waals surface area contributed by atoms with Crippen molar-refractivity contribution in [3.05, 3.63) is 64.9 Å². The zero-order valence-corrected chi connectivity index (χ0v) is 11.5. The minimum Gasteiger partial charge on any atom is -0.335 e. The van der Waals surface area contributed by atoms with Crippen molar-refractivity contribution in [3.8, 4) is 6.07 Å². The number of nitriles is 1. The van der Waals surface area contributed by atoms with Crippen molar-refractivity contribution in [1.82, 2.24) is 4.98 Å². The number of aromatic nitrogens is 1. The summed E-state index contributed by atoms with van der Waals surface area (Å²) in [5.74, 6) is -0.218. The van der Waals surface area contributed by atoms with Crippen LogP contribution in [0.5, 0.6) is 0 Å². The van der Waals surface area contributed by atoms with E-state index < -0.39 is 5.82 Å². The summed E-state index contributed by atoms with van der Waals surface area (Å²) in [6.07, 6.45) is 0. The van der Waals surface area contributed by atoms with Crippen LogP contribution in [0.15, 0.2) is 48.5 Å². The molecule has 3 rings (SSSR count). The van der Waals surface area contributed by atoms with Crippen LogP contribution in [0.4, 0.5) is 15.9 Å². The lowest BCUT2D eigenvalue weighted by Gasteiger charge is -2.11. The summed E-state index contributed by atoms with van der Waals surface area (Å²) in [7, 11) is 0. The van der Waals surface area contributed by atoms with Gasteiger partial charge in [0.2, 0.25) is 0 Å². The van der Waals surface area contributed by atoms with E-state index in [2.05, 4.69) is 16.4 Å². The highest BCUT2D eigenvalue weighted by molar-refractivity contribution is 6.33. The van der Waals surface area contributed by atoms with E-state index in [-0.39, 0.29) is 16.5 Å². The summed E-state index contributed by atoms with van der Waals surface area (Å²) >= 11 is 5.98. The first-order valence-corrected chi connectivity index (χ1v) is 6.58. The van der Waals surface area contributed by atoms with E-state index in [9.17, 15) is 9.65 Å². The number of pyridine rings is 1. The molecule has 0 spiro atoms. The lowest BCUT2D eigenvalue weighted by Crippen LogP contribution is -2.00. The standard InChI is InChI=1S/C16H9ClFN3/c17-12-5-3-6-13(18)15(12)21-16-11(9-19)8-10-4-1-2-7-14(10)20-16/h1-8H,(H,20,21). The normalized spacial score (nSPS) is 10.3. The van der Waals surface area contributed by atoms with Gasteiger partial charge in [-0.25, -0.2) is 9.37 Å². The predicted octanol–water partition coefficient (Wildman–Crippen LogP) is 4.64. The fourth-order valence-corrected chi connectivity index (χ4v) is 2.24. The number of halogens is 2. The van der Waals surface area contributed by atoms with E-state index in [0.29, 0.717) is 11.1 Å². The number of rotatable bonds is 2. The van der Waals surface area contributed by atoms with Crippen molar-refractivity contribution in [2.45, 2.75) is 0 Å². The van der Waals surface area contributed by atoms with Crippen LogP contribution >= 0.6 is 11.6 Å². The highest BCUT2D eigenvalue weighted by atomic mass is 35.5. The molecule has 5 heteroatoms. The van der Waals surface area contributed by atoms with Crippen LogP contribution in [0.3, 0.4) is 0 Å². The van der Waals surface area contributed by atoms with E-state index in [0.717, 1.165) is 5.39 Å². The van der Waals surface area contributed by atoms with Gasteiger partial charge in [0.1, 0.15) is 17.7 Å². The molecule has 0 radical (unpaired) electrons. The fraction of sp³-hybridized carbons (Fsp3) is 0. The third-order valence-corrected chi connectivity index (χ3v) is 3.37. The van der Waals surface area contributed by atoms with E-state index in [4.69, 9.17) is 11.6 Å². The fourth-order valence-electron chi connectivity index (χ4n) is 2.03. The quantitative estimate of drug-likeness (QED) is 0.749. The predicted molar refractivity (Wildman–Crippen MR) is 81.2 cm³/mol. The van der Waals surface area contributed by atoms with Gasteiger partial charge in [-0.15, -0.1) is 0 Å². The van der Waals surface area contributed by atoms with Crippen molar-refractivity contribution in [1.29, 1.82) is 5.26 Å². The topological polar surface area (TPSA) is 48.7 Å². The van der Waals surface area contributed by atoms with Crippen molar-refractivity contribution in [2.75, 3.05) is 5.32 Å². The van der Waals surface area contributed by atoms with Gasteiger partial charge in [-0.2, -0.15) is 5.26 Å². The molecule has 0 fully saturated rings. The number of hydrogen-bond donors (Lipinski definition) is 1. The molecule has 0 unspecified atom stereocenters. The van der Waals surface area contributed by atoms with Gasteiger partial charge in [0.25, 0.3) is 0 Å². The minimum absolute atomic E-state index is 0.110. The second-order valence-corrected chi connectivity index (χ2v) is 4.82. The van der Waals surface area contributed by atoms with Crippen LogP contribution in [-0.2, 0) is 0 Å². The number of fused-ring (bicyclic) bond motifs is 1. The van der Waals surface area contributed by atoms with Crippen molar-refractivity contribution >= 4 is 34.0 Å². The largest absolute Gasteiger partial charge is 0.335 e. The average molecular weight is 298 g/mol. The molecule has 3 aromatic rings. The second kappa shape index (κ2) is 5.39. The Morgan fingerprint density at radius 3 is 2.71 bits per heavy atom. The molecule has 3 nitrogen and oxygen atoms in total. The maximum absolute atomic E-state index is 13.8. The molecule has 2 aromatic carbocycles. The molecule has 0 aliphatic heterocycles. The van der Waals surface area contributed by atoms with Crippen LogP contribution in [-0.4, -0.2) is 4.98 Å². The first kappa shape index (κ1) is 13.3. The van der Waals surface area contributed by atoms with Gasteiger partial charge >= 0.3 is 0 Å². The smallest absolute Gasteiger partial charge is 0.149 e. The monoisotopic (exact) mass is 297 g/mol. The summed E-state index contributed by atoms with van der Waals surface area (Å²) in [6, 6.07) is 15.5. The first-order chi connectivity index (χ1) is 10.2. The van der Waals surface area contributed by atoms with E-state index in [1.54, 1.807) is 12.1 Å². The molecular weight excluding hydrogens is 289 g/mol. The van der Waals surface area contributed by atoms with Gasteiger partial charge in [0, 0.05) is 5.39 Å². The van der Waals surface area contributed by atoms with Crippen LogP contribution in [0.1, 0.15) is 5.56 Å². The molecule has 1 heterocycles. The van der Waals surface area contributed by atoms with Crippen LogP contribution < -0.4 is 5.32 Å². The zero-order chi connectivity index (χ0) is 14.8. The summed E-state index contributed by atoms with van der Waals surface area (Å²) in [4.78, 5) is 4.36. The molecule has 0 bridgehead atoms. The Morgan fingerprint density at radius 1 is 1.14 bits per heavy atom. The van der Waals surface area contributed by atoms with E-state index >= 15 is 0 Å². The Kier molecular flexibility index (Phi) is 3.43. The van der Waals surface area contributed by atoms with Crippen LogP contribution in [0, 0.1) is 17.1 Å². The number of benzene rings is 2. The highest BCUT2D eigenvalue weighted by Crippen LogP contribution is 2.29. The average Bonchev–Trinajstić information content (AvgIpc) is 2.50. The van der Waals surface area contributed by atoms with Crippen molar-refractivity contribution in [2.24, 2.45) is 0 Å². The Bertz CT molecular complexity index is 851. The summed E-state index contributed by atoms with van der Waals surface area (Å²) in [5, 5.41) is 13.1. The maximum Gasteiger partial charge on any atom is 0.149 e. The molecule has 0 amide bonds. The lowest BCUT2D eigenvalue weighted by atomic mass is 10.1. The SMILES string of the molecule is N#Cc1cc2ccccc2nc1Nc1c(F)cccc1Cl. The van der Waals surface area contributed by atoms with Gasteiger partial charge in [0.15, 0.2) is 0 Å². The molecule has 0 atom stereocenters. The summed E-state index contributed by atoms with van der Waals surface area (Å²) < 4.78 is 13.8. The molecular formula is C16H9ClFN3. The number of nitrogens with one attached hydrogen (secondary N) is 1. The van der Waals surface area contributed by atoms with Gasteiger partial charge < -0.3 is 5.32 Å². The van der Waals surface area contributed by atoms with Crippen molar-refractivity contribution in [3.63, 3.8) is 0 Å². The molecule has 21 heavy (non-hydrogen) atoms. The maximum atomic E-state index is 13.8. The van der Waals surface area contributed by atoms with Gasteiger partial charge in [-0.3, -0.25) is 0 Å². The third-order valence-electron chi connectivity index (χ3n) is 3.05. The number of hydrogen-bond acceptors (Lipinski definition) is 3. The highest BCUT2D eigenvalue weighted by Gasteiger charge is 2.12. The van der Waals surface area contributed by atoms with Gasteiger partial charge in [-0.05, 0) is 24.3 Å². The zero-order valence-electron chi connectivity index (χ0n) is 10.8. The molecule has 102 valence electrons. The summed E-state index contributed by atoms with van der Waals surface area (Å²) in [6.45, 7) is 0. The number of anilines is 2. The molecule has 0 saturated heterocycles.